The van der Waals surface area contributed by atoms with Crippen LogP contribution in [0.25, 0.3) is 0 Å². The van der Waals surface area contributed by atoms with E-state index in [1.54, 1.807) is 0 Å². The molecule has 14 heavy (non-hydrogen) atoms. The summed E-state index contributed by atoms with van der Waals surface area (Å²) in [5, 5.41) is 7.05. The minimum atomic E-state index is 0.636. The van der Waals surface area contributed by atoms with Crippen LogP contribution < -0.4 is 0 Å². The van der Waals surface area contributed by atoms with Crippen LogP contribution in [0.2, 0.25) is 0 Å². The summed E-state index contributed by atoms with van der Waals surface area (Å²) in [6.45, 7) is 4.49. The van der Waals surface area contributed by atoms with E-state index in [0.29, 0.717) is 5.92 Å². The van der Waals surface area contributed by atoms with Crippen molar-refractivity contribution in [1.82, 2.24) is 0 Å². The molecular weight excluding hydrogens is 170 g/mol. The van der Waals surface area contributed by atoms with E-state index in [0.717, 1.165) is 12.8 Å². The Kier molecular flexibility index (Phi) is 4.37. The standard InChI is InChI=1S/C13H19N/c1-3-11(2)13-9-5-4-7-12(13)8-6-10-14/h4-5,7,9-11,14H,3,6,8H2,1-2H3. The van der Waals surface area contributed by atoms with Crippen LogP contribution in [0.1, 0.15) is 43.7 Å². The van der Waals surface area contributed by atoms with Crippen LogP contribution in [-0.4, -0.2) is 6.21 Å². The van der Waals surface area contributed by atoms with Gasteiger partial charge in [-0.25, -0.2) is 0 Å². The molecule has 1 heteroatoms. The van der Waals surface area contributed by atoms with Gasteiger partial charge in [-0.15, -0.1) is 0 Å². The maximum absolute atomic E-state index is 7.05. The van der Waals surface area contributed by atoms with Gasteiger partial charge in [0, 0.05) is 0 Å². The second kappa shape index (κ2) is 5.58. The first-order valence-corrected chi connectivity index (χ1v) is 5.36. The fraction of sp³-hybridized carbons (Fsp3) is 0.462. The molecule has 0 amide bonds. The molecular formula is C13H19N. The van der Waals surface area contributed by atoms with Crippen LogP contribution in [0.5, 0.6) is 0 Å². The molecule has 0 aromatic heterocycles. The molecule has 1 atom stereocenters. The van der Waals surface area contributed by atoms with E-state index in [-0.39, 0.29) is 0 Å². The summed E-state index contributed by atoms with van der Waals surface area (Å²) in [6.07, 6.45) is 4.53. The van der Waals surface area contributed by atoms with Gasteiger partial charge >= 0.3 is 0 Å². The van der Waals surface area contributed by atoms with E-state index in [2.05, 4.69) is 38.1 Å². The Morgan fingerprint density at radius 3 is 2.71 bits per heavy atom. The summed E-state index contributed by atoms with van der Waals surface area (Å²) in [7, 11) is 0. The SMILES string of the molecule is CCC(C)c1ccccc1CCC=N. The highest BCUT2D eigenvalue weighted by atomic mass is 14.3. The van der Waals surface area contributed by atoms with E-state index < -0.39 is 0 Å². The van der Waals surface area contributed by atoms with E-state index >= 15 is 0 Å². The first-order chi connectivity index (χ1) is 6.79. The maximum atomic E-state index is 7.05. The summed E-state index contributed by atoms with van der Waals surface area (Å²) < 4.78 is 0. The molecule has 0 aliphatic rings. The molecule has 0 heterocycles. The van der Waals surface area contributed by atoms with Gasteiger partial charge in [0.15, 0.2) is 0 Å². The lowest BCUT2D eigenvalue weighted by Crippen LogP contribution is -1.98. The second-order valence-corrected chi connectivity index (χ2v) is 3.75. The zero-order valence-electron chi connectivity index (χ0n) is 9.09. The third-order valence-electron chi connectivity index (χ3n) is 2.76. The number of aryl methyl sites for hydroxylation is 1. The summed E-state index contributed by atoms with van der Waals surface area (Å²) in [5.74, 6) is 0.636. The Morgan fingerprint density at radius 2 is 2.07 bits per heavy atom. The Hall–Kier alpha value is -1.11. The van der Waals surface area contributed by atoms with Crippen LogP contribution in [0, 0.1) is 5.41 Å². The molecule has 1 nitrogen and oxygen atoms in total. The van der Waals surface area contributed by atoms with Gasteiger partial charge in [-0.3, -0.25) is 0 Å². The minimum Gasteiger partial charge on any atom is -0.313 e. The zero-order chi connectivity index (χ0) is 10.4. The van der Waals surface area contributed by atoms with Gasteiger partial charge in [0.2, 0.25) is 0 Å². The zero-order valence-corrected chi connectivity index (χ0v) is 9.09. The predicted molar refractivity (Wildman–Crippen MR) is 62.3 cm³/mol. The third kappa shape index (κ3) is 2.69. The van der Waals surface area contributed by atoms with Gasteiger partial charge in [0.25, 0.3) is 0 Å². The van der Waals surface area contributed by atoms with Gasteiger partial charge in [-0.1, -0.05) is 38.1 Å². The fourth-order valence-corrected chi connectivity index (χ4v) is 1.69. The molecule has 0 fully saturated rings. The van der Waals surface area contributed by atoms with Gasteiger partial charge in [-0.05, 0) is 42.5 Å². The van der Waals surface area contributed by atoms with E-state index in [1.807, 2.05) is 0 Å². The quantitative estimate of drug-likeness (QED) is 0.681. The fourth-order valence-electron chi connectivity index (χ4n) is 1.69. The lowest BCUT2D eigenvalue weighted by molar-refractivity contribution is 0.722. The molecule has 0 radical (unpaired) electrons. The molecule has 0 saturated carbocycles. The number of hydrogen-bond acceptors (Lipinski definition) is 1. The van der Waals surface area contributed by atoms with E-state index in [9.17, 15) is 0 Å². The first kappa shape index (κ1) is 11.0. The predicted octanol–water partition coefficient (Wildman–Crippen LogP) is 3.78. The lowest BCUT2D eigenvalue weighted by atomic mass is 9.92. The topological polar surface area (TPSA) is 23.9 Å². The number of benzene rings is 1. The summed E-state index contributed by atoms with van der Waals surface area (Å²) >= 11 is 0. The summed E-state index contributed by atoms with van der Waals surface area (Å²) in [5.41, 5.74) is 2.86. The Balaban J connectivity index is 2.84. The Bertz CT molecular complexity index is 291. The van der Waals surface area contributed by atoms with Crippen molar-refractivity contribution in [2.45, 2.75) is 39.0 Å². The molecule has 0 bridgehead atoms. The van der Waals surface area contributed by atoms with Crippen LogP contribution >= 0.6 is 0 Å². The van der Waals surface area contributed by atoms with Crippen molar-refractivity contribution in [3.63, 3.8) is 0 Å². The Labute approximate surface area is 86.7 Å². The molecule has 1 N–H and O–H groups in total. The van der Waals surface area contributed by atoms with Crippen LogP contribution in [0.15, 0.2) is 24.3 Å². The molecule has 1 aromatic rings. The summed E-state index contributed by atoms with van der Waals surface area (Å²) in [4.78, 5) is 0. The van der Waals surface area contributed by atoms with Gasteiger partial charge < -0.3 is 5.41 Å². The van der Waals surface area contributed by atoms with E-state index in [1.165, 1.54) is 23.8 Å². The average molecular weight is 189 g/mol. The summed E-state index contributed by atoms with van der Waals surface area (Å²) in [6, 6.07) is 8.60. The van der Waals surface area contributed by atoms with Gasteiger partial charge in [-0.2, -0.15) is 0 Å². The van der Waals surface area contributed by atoms with Crippen molar-refractivity contribution in [3.8, 4) is 0 Å². The van der Waals surface area contributed by atoms with Crippen molar-refractivity contribution < 1.29 is 0 Å². The van der Waals surface area contributed by atoms with Crippen molar-refractivity contribution in [2.24, 2.45) is 0 Å². The average Bonchev–Trinajstić information content (AvgIpc) is 2.25. The molecule has 0 spiro atoms. The second-order valence-electron chi connectivity index (χ2n) is 3.75. The molecule has 1 rings (SSSR count). The smallest absolute Gasteiger partial charge is 0.00444 e. The van der Waals surface area contributed by atoms with Gasteiger partial charge in [0.1, 0.15) is 0 Å². The molecule has 76 valence electrons. The van der Waals surface area contributed by atoms with Crippen molar-refractivity contribution in [2.75, 3.05) is 0 Å². The third-order valence-corrected chi connectivity index (χ3v) is 2.76. The molecule has 0 aliphatic carbocycles. The van der Waals surface area contributed by atoms with Crippen LogP contribution in [0.3, 0.4) is 0 Å². The molecule has 0 aliphatic heterocycles. The van der Waals surface area contributed by atoms with Crippen LogP contribution in [-0.2, 0) is 6.42 Å². The molecule has 1 aromatic carbocycles. The number of hydrogen-bond donors (Lipinski definition) is 1. The highest BCUT2D eigenvalue weighted by Crippen LogP contribution is 2.23. The Morgan fingerprint density at radius 1 is 1.36 bits per heavy atom. The highest BCUT2D eigenvalue weighted by molar-refractivity contribution is 5.53. The first-order valence-electron chi connectivity index (χ1n) is 5.36. The van der Waals surface area contributed by atoms with Crippen molar-refractivity contribution in [1.29, 1.82) is 5.41 Å². The van der Waals surface area contributed by atoms with Crippen LogP contribution in [0.4, 0.5) is 0 Å². The normalized spacial score (nSPS) is 12.4. The van der Waals surface area contributed by atoms with Crippen molar-refractivity contribution >= 4 is 6.21 Å². The molecule has 1 unspecified atom stereocenters. The number of rotatable bonds is 5. The lowest BCUT2D eigenvalue weighted by Gasteiger charge is -2.13. The minimum absolute atomic E-state index is 0.636. The van der Waals surface area contributed by atoms with Gasteiger partial charge in [0.05, 0.1) is 0 Å². The highest BCUT2D eigenvalue weighted by Gasteiger charge is 2.06. The monoisotopic (exact) mass is 189 g/mol. The maximum Gasteiger partial charge on any atom is -0.00444 e. The molecule has 0 saturated heterocycles. The largest absolute Gasteiger partial charge is 0.313 e. The van der Waals surface area contributed by atoms with Crippen molar-refractivity contribution in [3.05, 3.63) is 35.4 Å². The van der Waals surface area contributed by atoms with E-state index in [4.69, 9.17) is 5.41 Å². The number of nitrogens with one attached hydrogen (secondary N) is 1.